The predicted molar refractivity (Wildman–Crippen MR) is 108 cm³/mol. The van der Waals surface area contributed by atoms with Crippen LogP contribution in [0.15, 0.2) is 47.7 Å². The summed E-state index contributed by atoms with van der Waals surface area (Å²) in [6.45, 7) is 5.36. The molecule has 136 valence electrons. The molecule has 2 N–H and O–H groups in total. The fourth-order valence-electron chi connectivity index (χ4n) is 2.52. The number of benzene rings is 1. The van der Waals surface area contributed by atoms with Crippen molar-refractivity contribution in [1.29, 1.82) is 0 Å². The summed E-state index contributed by atoms with van der Waals surface area (Å²) in [5.41, 5.74) is 2.49. The highest BCUT2D eigenvalue weighted by Gasteiger charge is 2.04. The average molecular weight is 360 g/mol. The van der Waals surface area contributed by atoms with Gasteiger partial charge in [0.1, 0.15) is 0 Å². The Morgan fingerprint density at radius 1 is 1.16 bits per heavy atom. The van der Waals surface area contributed by atoms with Crippen LogP contribution in [0.2, 0.25) is 0 Å². The van der Waals surface area contributed by atoms with Gasteiger partial charge in [-0.3, -0.25) is 4.68 Å². The van der Waals surface area contributed by atoms with Crippen molar-refractivity contribution in [2.45, 2.75) is 32.9 Å². The highest BCUT2D eigenvalue weighted by molar-refractivity contribution is 7.98. The van der Waals surface area contributed by atoms with Crippen LogP contribution in [0.3, 0.4) is 0 Å². The van der Waals surface area contributed by atoms with Crippen LogP contribution in [0.5, 0.6) is 0 Å². The number of unbranched alkanes of at least 4 members (excludes halogenated alkanes) is 1. The minimum atomic E-state index is 0.664. The van der Waals surface area contributed by atoms with Gasteiger partial charge in [-0.05, 0) is 49.0 Å². The molecule has 6 heteroatoms. The third-order valence-corrected chi connectivity index (χ3v) is 4.53. The van der Waals surface area contributed by atoms with Gasteiger partial charge in [-0.1, -0.05) is 24.3 Å². The van der Waals surface area contributed by atoms with E-state index in [1.54, 1.807) is 0 Å². The summed E-state index contributed by atoms with van der Waals surface area (Å²) in [5, 5.41) is 11.0. The first-order valence-electron chi connectivity index (χ1n) is 8.88. The van der Waals surface area contributed by atoms with E-state index in [0.717, 1.165) is 25.6 Å². The third kappa shape index (κ3) is 7.22. The Kier molecular flexibility index (Phi) is 8.97. The highest BCUT2D eigenvalue weighted by Crippen LogP contribution is 2.11. The second-order valence-electron chi connectivity index (χ2n) is 5.79. The van der Waals surface area contributed by atoms with E-state index in [1.807, 2.05) is 34.9 Å². The zero-order chi connectivity index (χ0) is 17.7. The molecule has 0 aliphatic heterocycles. The number of aliphatic imine (C=N–C) groups is 1. The van der Waals surface area contributed by atoms with Gasteiger partial charge in [0.15, 0.2) is 5.96 Å². The molecular formula is C19H29N5S. The third-order valence-electron chi connectivity index (χ3n) is 3.83. The molecule has 0 fully saturated rings. The van der Waals surface area contributed by atoms with E-state index in [9.17, 15) is 0 Å². The first-order chi connectivity index (χ1) is 12.3. The Labute approximate surface area is 155 Å². The summed E-state index contributed by atoms with van der Waals surface area (Å²) < 4.78 is 1.94. The molecule has 25 heavy (non-hydrogen) atoms. The zero-order valence-electron chi connectivity index (χ0n) is 15.2. The quantitative estimate of drug-likeness (QED) is 0.389. The molecule has 2 rings (SSSR count). The minimum absolute atomic E-state index is 0.664. The standard InChI is InChI=1S/C19H29N5S/c1-3-20-19(21-11-6-7-14-25-2)22-15-17-9-4-5-10-18(17)16-24-13-8-12-23-24/h4-5,8-10,12-13H,3,6-7,11,14-16H2,1-2H3,(H2,20,21,22). The lowest BCUT2D eigenvalue weighted by Gasteiger charge is -2.12. The number of thioether (sulfide) groups is 1. The molecule has 5 nitrogen and oxygen atoms in total. The van der Waals surface area contributed by atoms with E-state index in [1.165, 1.54) is 29.7 Å². The van der Waals surface area contributed by atoms with Gasteiger partial charge in [0.05, 0.1) is 13.1 Å². The predicted octanol–water partition coefficient (Wildman–Crippen LogP) is 3.13. The molecule has 1 aromatic carbocycles. The van der Waals surface area contributed by atoms with Gasteiger partial charge < -0.3 is 10.6 Å². The maximum Gasteiger partial charge on any atom is 0.191 e. The molecule has 0 saturated heterocycles. The molecule has 0 radical (unpaired) electrons. The second kappa shape index (κ2) is 11.6. The van der Waals surface area contributed by atoms with Gasteiger partial charge in [-0.25, -0.2) is 4.99 Å². The summed E-state index contributed by atoms with van der Waals surface area (Å²) in [4.78, 5) is 4.75. The van der Waals surface area contributed by atoms with Crippen LogP contribution in [0.25, 0.3) is 0 Å². The smallest absolute Gasteiger partial charge is 0.191 e. The molecule has 0 aliphatic rings. The lowest BCUT2D eigenvalue weighted by molar-refractivity contribution is 0.680. The zero-order valence-corrected chi connectivity index (χ0v) is 16.1. The minimum Gasteiger partial charge on any atom is -0.357 e. The van der Waals surface area contributed by atoms with Crippen LogP contribution in [0.1, 0.15) is 30.9 Å². The van der Waals surface area contributed by atoms with Crippen LogP contribution in [-0.2, 0) is 13.1 Å². The van der Waals surface area contributed by atoms with Crippen molar-refractivity contribution in [2.24, 2.45) is 4.99 Å². The van der Waals surface area contributed by atoms with Crippen LogP contribution >= 0.6 is 11.8 Å². The van der Waals surface area contributed by atoms with Crippen molar-refractivity contribution in [3.8, 4) is 0 Å². The topological polar surface area (TPSA) is 54.2 Å². The lowest BCUT2D eigenvalue weighted by atomic mass is 10.1. The first kappa shape index (κ1) is 19.4. The van der Waals surface area contributed by atoms with Gasteiger partial charge in [0.2, 0.25) is 0 Å². The molecule has 0 saturated carbocycles. The first-order valence-corrected chi connectivity index (χ1v) is 10.3. The molecule has 2 aromatic rings. The van der Waals surface area contributed by atoms with Crippen LogP contribution in [-0.4, -0.2) is 40.8 Å². The Morgan fingerprint density at radius 3 is 2.72 bits per heavy atom. The van der Waals surface area contributed by atoms with Gasteiger partial charge in [-0.15, -0.1) is 0 Å². The number of nitrogens with one attached hydrogen (secondary N) is 2. The number of aromatic nitrogens is 2. The van der Waals surface area contributed by atoms with Crippen molar-refractivity contribution in [2.75, 3.05) is 25.1 Å². The van der Waals surface area contributed by atoms with Gasteiger partial charge in [0.25, 0.3) is 0 Å². The molecule has 0 aliphatic carbocycles. The fraction of sp³-hybridized carbons (Fsp3) is 0.474. The Morgan fingerprint density at radius 2 is 2.00 bits per heavy atom. The number of hydrogen-bond donors (Lipinski definition) is 2. The Hall–Kier alpha value is -1.95. The van der Waals surface area contributed by atoms with Gasteiger partial charge in [-0.2, -0.15) is 16.9 Å². The lowest BCUT2D eigenvalue weighted by Crippen LogP contribution is -2.37. The molecule has 1 aromatic heterocycles. The van der Waals surface area contributed by atoms with E-state index in [-0.39, 0.29) is 0 Å². The van der Waals surface area contributed by atoms with Gasteiger partial charge >= 0.3 is 0 Å². The molecule has 0 atom stereocenters. The number of guanidine groups is 1. The maximum atomic E-state index is 4.75. The Balaban J connectivity index is 1.94. The van der Waals surface area contributed by atoms with Gasteiger partial charge in [0, 0.05) is 25.5 Å². The largest absolute Gasteiger partial charge is 0.357 e. The van der Waals surface area contributed by atoms with E-state index < -0.39 is 0 Å². The molecule has 0 bridgehead atoms. The van der Waals surface area contributed by atoms with Crippen molar-refractivity contribution in [1.82, 2.24) is 20.4 Å². The molecule has 1 heterocycles. The van der Waals surface area contributed by atoms with Crippen molar-refractivity contribution in [3.05, 3.63) is 53.9 Å². The number of nitrogens with zero attached hydrogens (tertiary/aromatic N) is 3. The molecule has 0 amide bonds. The molecule has 0 unspecified atom stereocenters. The number of rotatable bonds is 10. The Bertz CT molecular complexity index is 625. The average Bonchev–Trinajstić information content (AvgIpc) is 3.13. The summed E-state index contributed by atoms with van der Waals surface area (Å²) in [6, 6.07) is 10.4. The van der Waals surface area contributed by atoms with E-state index in [0.29, 0.717) is 6.54 Å². The maximum absolute atomic E-state index is 4.75. The molecular weight excluding hydrogens is 330 g/mol. The summed E-state index contributed by atoms with van der Waals surface area (Å²) in [5.74, 6) is 2.11. The summed E-state index contributed by atoms with van der Waals surface area (Å²) in [6.07, 6.45) is 8.35. The normalized spacial score (nSPS) is 11.5. The van der Waals surface area contributed by atoms with Crippen LogP contribution in [0, 0.1) is 0 Å². The summed E-state index contributed by atoms with van der Waals surface area (Å²) >= 11 is 1.90. The van der Waals surface area contributed by atoms with Crippen LogP contribution in [0.4, 0.5) is 0 Å². The molecule has 0 spiro atoms. The summed E-state index contributed by atoms with van der Waals surface area (Å²) in [7, 11) is 0. The van der Waals surface area contributed by atoms with Crippen LogP contribution < -0.4 is 10.6 Å². The van der Waals surface area contributed by atoms with E-state index in [2.05, 4.69) is 53.2 Å². The highest BCUT2D eigenvalue weighted by atomic mass is 32.2. The fourth-order valence-corrected chi connectivity index (χ4v) is 3.01. The second-order valence-corrected chi connectivity index (χ2v) is 6.78. The SMILES string of the molecule is CCNC(=NCc1ccccc1Cn1cccn1)NCCCCSC. The van der Waals surface area contributed by atoms with Crippen molar-refractivity contribution >= 4 is 17.7 Å². The van der Waals surface area contributed by atoms with E-state index in [4.69, 9.17) is 4.99 Å². The van der Waals surface area contributed by atoms with E-state index >= 15 is 0 Å². The number of hydrogen-bond acceptors (Lipinski definition) is 3. The monoisotopic (exact) mass is 359 g/mol. The van der Waals surface area contributed by atoms with Crippen molar-refractivity contribution in [3.63, 3.8) is 0 Å². The van der Waals surface area contributed by atoms with Crippen molar-refractivity contribution < 1.29 is 0 Å².